The molecular weight excluding hydrogens is 300 g/mol. The van der Waals surface area contributed by atoms with Crippen LogP contribution in [0.4, 0.5) is 0 Å². The number of hydrogen-bond acceptors (Lipinski definition) is 4. The van der Waals surface area contributed by atoms with Gasteiger partial charge >= 0.3 is 0 Å². The lowest BCUT2D eigenvalue weighted by molar-refractivity contribution is 0.126. The van der Waals surface area contributed by atoms with Gasteiger partial charge in [-0.15, -0.1) is 0 Å². The first-order valence-electron chi connectivity index (χ1n) is 6.73. The number of oxime groups is 1. The van der Waals surface area contributed by atoms with E-state index in [9.17, 15) is 0 Å². The van der Waals surface area contributed by atoms with Crippen LogP contribution in [0.2, 0.25) is 5.02 Å². The van der Waals surface area contributed by atoms with Crippen LogP contribution in [0, 0.1) is 0 Å². The van der Waals surface area contributed by atoms with Crippen LogP contribution in [0.15, 0.2) is 70.3 Å². The van der Waals surface area contributed by atoms with Crippen molar-refractivity contribution in [3.8, 4) is 11.3 Å². The van der Waals surface area contributed by atoms with Crippen LogP contribution in [-0.4, -0.2) is 11.4 Å². The zero-order chi connectivity index (χ0) is 15.2. The summed E-state index contributed by atoms with van der Waals surface area (Å²) >= 11 is 5.81. The smallest absolute Gasteiger partial charge is 0.167 e. The van der Waals surface area contributed by atoms with Gasteiger partial charge < -0.3 is 9.36 Å². The third kappa shape index (κ3) is 3.74. The molecule has 0 unspecified atom stereocenters. The fourth-order valence-electron chi connectivity index (χ4n) is 1.87. The van der Waals surface area contributed by atoms with Crippen LogP contribution < -0.4 is 0 Å². The number of benzene rings is 2. The molecule has 2 aromatic carbocycles. The molecule has 0 radical (unpaired) electrons. The molecule has 0 fully saturated rings. The number of aromatic nitrogens is 1. The van der Waals surface area contributed by atoms with Crippen LogP contribution in [-0.2, 0) is 11.4 Å². The molecular formula is C17H13ClN2O2. The quantitative estimate of drug-likeness (QED) is 0.513. The average Bonchev–Trinajstić information content (AvgIpc) is 3.03. The highest BCUT2D eigenvalue weighted by Gasteiger charge is 2.06. The summed E-state index contributed by atoms with van der Waals surface area (Å²) in [6, 6.07) is 18.9. The summed E-state index contributed by atoms with van der Waals surface area (Å²) in [6.45, 7) is 0.250. The molecule has 0 aliphatic rings. The monoisotopic (exact) mass is 312 g/mol. The van der Waals surface area contributed by atoms with Gasteiger partial charge in [0.2, 0.25) is 0 Å². The molecule has 4 nitrogen and oxygen atoms in total. The molecule has 1 heterocycles. The molecule has 0 aliphatic heterocycles. The molecule has 3 aromatic rings. The van der Waals surface area contributed by atoms with Crippen LogP contribution in [0.25, 0.3) is 11.3 Å². The van der Waals surface area contributed by atoms with Crippen molar-refractivity contribution in [3.63, 3.8) is 0 Å². The van der Waals surface area contributed by atoms with Gasteiger partial charge in [-0.25, -0.2) is 0 Å². The lowest BCUT2D eigenvalue weighted by Crippen LogP contribution is -1.88. The fraction of sp³-hybridized carbons (Fsp3) is 0.0588. The van der Waals surface area contributed by atoms with Crippen molar-refractivity contribution < 1.29 is 9.36 Å². The Hall–Kier alpha value is -2.59. The van der Waals surface area contributed by atoms with Crippen molar-refractivity contribution in [2.75, 3.05) is 0 Å². The Balaban J connectivity index is 1.56. The van der Waals surface area contributed by atoms with Gasteiger partial charge in [0.15, 0.2) is 12.4 Å². The van der Waals surface area contributed by atoms with Gasteiger partial charge in [-0.2, -0.15) is 0 Å². The maximum Gasteiger partial charge on any atom is 0.167 e. The van der Waals surface area contributed by atoms with E-state index in [1.807, 2.05) is 48.5 Å². The molecule has 110 valence electrons. The molecule has 0 bridgehead atoms. The summed E-state index contributed by atoms with van der Waals surface area (Å²) in [5.41, 5.74) is 2.58. The van der Waals surface area contributed by atoms with Crippen LogP contribution in [0.1, 0.15) is 11.3 Å². The molecule has 0 amide bonds. The van der Waals surface area contributed by atoms with E-state index in [0.717, 1.165) is 11.1 Å². The van der Waals surface area contributed by atoms with Crippen LogP contribution in [0.5, 0.6) is 0 Å². The zero-order valence-corrected chi connectivity index (χ0v) is 12.4. The Labute approximate surface area is 133 Å². The van der Waals surface area contributed by atoms with Gasteiger partial charge in [0.05, 0.1) is 6.21 Å². The standard InChI is InChI=1S/C17H13ClN2O2/c18-15-8-6-13(7-9-15)11-19-21-12-16-10-17(22-20-16)14-4-2-1-3-5-14/h1-11H,12H2/b19-11-. The topological polar surface area (TPSA) is 47.6 Å². The van der Waals surface area contributed by atoms with E-state index in [4.69, 9.17) is 21.0 Å². The number of halogens is 1. The molecule has 1 aromatic heterocycles. The highest BCUT2D eigenvalue weighted by Crippen LogP contribution is 2.19. The molecule has 5 heteroatoms. The lowest BCUT2D eigenvalue weighted by Gasteiger charge is -1.95. The predicted octanol–water partition coefficient (Wildman–Crippen LogP) is 4.55. The van der Waals surface area contributed by atoms with Gasteiger partial charge in [0, 0.05) is 16.7 Å². The number of nitrogens with zero attached hydrogens (tertiary/aromatic N) is 2. The normalized spacial score (nSPS) is 11.0. The summed E-state index contributed by atoms with van der Waals surface area (Å²) in [7, 11) is 0. The summed E-state index contributed by atoms with van der Waals surface area (Å²) in [5, 5.41) is 8.55. The Morgan fingerprint density at radius 1 is 1.09 bits per heavy atom. The maximum absolute atomic E-state index is 5.81. The van der Waals surface area contributed by atoms with E-state index in [2.05, 4.69) is 10.3 Å². The van der Waals surface area contributed by atoms with Crippen molar-refractivity contribution in [1.82, 2.24) is 5.16 Å². The van der Waals surface area contributed by atoms with Gasteiger partial charge in [-0.05, 0) is 17.7 Å². The first-order valence-corrected chi connectivity index (χ1v) is 7.11. The molecule has 3 rings (SSSR count). The summed E-state index contributed by atoms with van der Waals surface area (Å²) in [6.07, 6.45) is 1.62. The summed E-state index contributed by atoms with van der Waals surface area (Å²) < 4.78 is 5.28. The Morgan fingerprint density at radius 3 is 2.64 bits per heavy atom. The molecule has 0 saturated heterocycles. The second-order valence-corrected chi connectivity index (χ2v) is 5.04. The van der Waals surface area contributed by atoms with E-state index in [1.165, 1.54) is 0 Å². The molecule has 0 spiro atoms. The Kier molecular flexibility index (Phi) is 4.51. The second kappa shape index (κ2) is 6.91. The third-order valence-electron chi connectivity index (χ3n) is 2.98. The van der Waals surface area contributed by atoms with Crippen LogP contribution >= 0.6 is 11.6 Å². The van der Waals surface area contributed by atoms with Crippen molar-refractivity contribution in [2.45, 2.75) is 6.61 Å². The molecule has 0 N–H and O–H groups in total. The number of hydrogen-bond donors (Lipinski definition) is 0. The third-order valence-corrected chi connectivity index (χ3v) is 3.23. The van der Waals surface area contributed by atoms with E-state index in [1.54, 1.807) is 18.3 Å². The average molecular weight is 313 g/mol. The van der Waals surface area contributed by atoms with Crippen molar-refractivity contribution in [3.05, 3.63) is 76.9 Å². The summed E-state index contributed by atoms with van der Waals surface area (Å²) in [4.78, 5) is 5.22. The fourth-order valence-corrected chi connectivity index (χ4v) is 1.99. The number of rotatable bonds is 5. The van der Waals surface area contributed by atoms with E-state index in [0.29, 0.717) is 16.5 Å². The first-order chi connectivity index (χ1) is 10.8. The van der Waals surface area contributed by atoms with Crippen LogP contribution in [0.3, 0.4) is 0 Å². The van der Waals surface area contributed by atoms with Crippen molar-refractivity contribution >= 4 is 17.8 Å². The van der Waals surface area contributed by atoms with Gasteiger partial charge in [-0.1, -0.05) is 64.4 Å². The van der Waals surface area contributed by atoms with Crippen molar-refractivity contribution in [1.29, 1.82) is 0 Å². The minimum Gasteiger partial charge on any atom is -0.389 e. The van der Waals surface area contributed by atoms with Gasteiger partial charge in [0.1, 0.15) is 5.69 Å². The predicted molar refractivity (Wildman–Crippen MR) is 85.8 cm³/mol. The minimum atomic E-state index is 0.250. The Bertz CT molecular complexity index is 752. The second-order valence-electron chi connectivity index (χ2n) is 4.61. The van der Waals surface area contributed by atoms with E-state index >= 15 is 0 Å². The highest BCUT2D eigenvalue weighted by molar-refractivity contribution is 6.30. The SMILES string of the molecule is Clc1ccc(/C=N\OCc2cc(-c3ccccc3)on2)cc1. The molecule has 0 aliphatic carbocycles. The van der Waals surface area contributed by atoms with E-state index < -0.39 is 0 Å². The molecule has 0 atom stereocenters. The minimum absolute atomic E-state index is 0.250. The van der Waals surface area contributed by atoms with Gasteiger partial charge in [0.25, 0.3) is 0 Å². The first kappa shape index (κ1) is 14.4. The molecule has 22 heavy (non-hydrogen) atoms. The Morgan fingerprint density at radius 2 is 1.86 bits per heavy atom. The zero-order valence-electron chi connectivity index (χ0n) is 11.6. The van der Waals surface area contributed by atoms with Gasteiger partial charge in [-0.3, -0.25) is 0 Å². The van der Waals surface area contributed by atoms with E-state index in [-0.39, 0.29) is 6.61 Å². The summed E-state index contributed by atoms with van der Waals surface area (Å²) in [5.74, 6) is 0.709. The van der Waals surface area contributed by atoms with Crippen molar-refractivity contribution in [2.24, 2.45) is 5.16 Å². The maximum atomic E-state index is 5.81. The molecule has 0 saturated carbocycles. The lowest BCUT2D eigenvalue weighted by atomic mass is 10.2. The largest absolute Gasteiger partial charge is 0.389 e. The highest BCUT2D eigenvalue weighted by atomic mass is 35.5.